The van der Waals surface area contributed by atoms with Gasteiger partial charge in [0.1, 0.15) is 0 Å². The first-order chi connectivity index (χ1) is 35.1. The molecule has 392 valence electrons. The molecule has 0 saturated carbocycles. The average Bonchev–Trinajstić information content (AvgIpc) is 3.38. The molecule has 0 unspecified atom stereocenters. The van der Waals surface area contributed by atoms with Crippen LogP contribution in [0, 0.1) is 0 Å². The van der Waals surface area contributed by atoms with Crippen LogP contribution in [-0.4, -0.2) is 116 Å². The average molecular weight is 1130 g/mol. The number of benzene rings is 4. The number of aromatic nitrogens is 4. The Bertz CT molecular complexity index is 2450. The van der Waals surface area contributed by atoms with Gasteiger partial charge in [-0.1, -0.05) is 97.1 Å². The van der Waals surface area contributed by atoms with Crippen molar-refractivity contribution < 1.29 is 99.0 Å². The molecule has 4 heterocycles. The van der Waals surface area contributed by atoms with Crippen molar-refractivity contribution in [1.29, 1.82) is 0 Å². The Kier molecular flexibility index (Phi) is 42.4. The number of pyridine rings is 4. The minimum Gasteiger partial charge on any atom is -0.550 e. The molecule has 8 aromatic rings. The van der Waals surface area contributed by atoms with Crippen LogP contribution in [-0.2, 0) is 84.3 Å². The quantitative estimate of drug-likeness (QED) is 0.128. The largest absolute Gasteiger partial charge is 2.00 e. The zero-order chi connectivity index (χ0) is 55.1. The third kappa shape index (κ3) is 31.7. The molecule has 0 aliphatic heterocycles. The summed E-state index contributed by atoms with van der Waals surface area (Å²) >= 11 is 0. The summed E-state index contributed by atoms with van der Waals surface area (Å²) in [5.41, 5.74) is 8.38. The normalized spacial score (nSPS) is 9.36. The predicted molar refractivity (Wildman–Crippen MR) is 275 cm³/mol. The van der Waals surface area contributed by atoms with Crippen molar-refractivity contribution in [3.8, 4) is 0 Å². The number of aliphatic carboxylic acids is 4. The van der Waals surface area contributed by atoms with Gasteiger partial charge in [0.2, 0.25) is 0 Å². The number of hydrogen-bond acceptors (Lipinski definition) is 18. The van der Waals surface area contributed by atoms with E-state index in [0.29, 0.717) is 0 Å². The van der Waals surface area contributed by atoms with Crippen LogP contribution in [0.4, 0.5) is 0 Å². The number of aliphatic hydroxyl groups is 4. The second-order valence-corrected chi connectivity index (χ2v) is 14.7. The van der Waals surface area contributed by atoms with Gasteiger partial charge in [0.15, 0.2) is 0 Å². The molecule has 0 aliphatic rings. The SMILES string of the molecule is CC(=O)[O-].CC(=O)[O-].CC(=O)[O-].CC(=O)[O-].CO.CO.CO.CO.[Zn+2].[Zn+2].c1ccc2nc(CN(CCCN(Cc3ccc4ccccc4n3)Cc3ccc4ccccc4n3)Cc3ccc4ccccc4n3)ccc2c1. The summed E-state index contributed by atoms with van der Waals surface area (Å²) in [7, 11) is 4.00. The number of nitrogens with zero attached hydrogens (tertiary/aromatic N) is 6. The van der Waals surface area contributed by atoms with Crippen molar-refractivity contribution in [2.24, 2.45) is 0 Å². The van der Waals surface area contributed by atoms with Gasteiger partial charge in [0, 0.05) is 113 Å². The van der Waals surface area contributed by atoms with Crippen molar-refractivity contribution >= 4 is 67.5 Å². The number of hydrogen-bond donors (Lipinski definition) is 4. The Balaban J connectivity index is -0.00000171. The number of carbonyl (C=O) groups excluding carboxylic acids is 4. The second-order valence-electron chi connectivity index (χ2n) is 14.7. The van der Waals surface area contributed by atoms with Gasteiger partial charge in [-0.3, -0.25) is 29.7 Å². The van der Waals surface area contributed by atoms with E-state index >= 15 is 0 Å². The van der Waals surface area contributed by atoms with E-state index in [-0.39, 0.29) is 39.0 Å². The van der Waals surface area contributed by atoms with E-state index < -0.39 is 23.9 Å². The van der Waals surface area contributed by atoms with Crippen molar-refractivity contribution in [3.05, 3.63) is 168 Å². The Labute approximate surface area is 463 Å². The van der Waals surface area contributed by atoms with Crippen LogP contribution < -0.4 is 20.4 Å². The van der Waals surface area contributed by atoms with E-state index in [9.17, 15) is 0 Å². The molecule has 8 rings (SSSR count). The molecule has 0 amide bonds. The standard InChI is InChI=1S/C43H38N6.4C2H4O2.4CH4O.2Zn/c1-5-14-40-32(10-1)18-22-36(44-40)28-48(29-37-23-19-33-11-2-6-15-41(33)45-37)26-9-27-49(30-38-24-20-34-12-3-7-16-42(34)46-38)31-39-25-21-35-13-4-8-17-43(35)47-39;4*1-2(3)4;4*1-2;;/h1-8,10-25H,9,26-31H2;4*1H3,(H,3,4);4*2H,1H3;;/q;;;;;;;;;2*+2/p-4. The van der Waals surface area contributed by atoms with Crippen LogP contribution in [0.2, 0.25) is 0 Å². The number of aliphatic hydroxyl groups excluding tert-OH is 4. The van der Waals surface area contributed by atoms with E-state index in [1.807, 2.05) is 0 Å². The Morgan fingerprint density at radius 1 is 0.347 bits per heavy atom. The zero-order valence-electron chi connectivity index (χ0n) is 44.0. The second kappa shape index (κ2) is 43.8. The molecule has 75 heavy (non-hydrogen) atoms. The molecule has 0 saturated heterocycles. The number of carbonyl (C=O) groups is 4. The molecule has 0 radical (unpaired) electrons. The molecule has 0 spiro atoms. The van der Waals surface area contributed by atoms with Crippen LogP contribution in [0.15, 0.2) is 146 Å². The van der Waals surface area contributed by atoms with Gasteiger partial charge in [-0.05, 0) is 82.6 Å². The fourth-order valence-electron chi connectivity index (χ4n) is 6.65. The fourth-order valence-corrected chi connectivity index (χ4v) is 6.65. The van der Waals surface area contributed by atoms with Gasteiger partial charge in [-0.25, -0.2) is 0 Å². The Morgan fingerprint density at radius 3 is 0.707 bits per heavy atom. The van der Waals surface area contributed by atoms with Crippen molar-refractivity contribution in [2.75, 3.05) is 41.5 Å². The van der Waals surface area contributed by atoms with Crippen LogP contribution in [0.1, 0.15) is 56.9 Å². The van der Waals surface area contributed by atoms with Crippen molar-refractivity contribution in [1.82, 2.24) is 29.7 Å². The van der Waals surface area contributed by atoms with Crippen LogP contribution in [0.25, 0.3) is 43.6 Å². The first-order valence-electron chi connectivity index (χ1n) is 22.5. The molecule has 18 nitrogen and oxygen atoms in total. The van der Waals surface area contributed by atoms with Crippen LogP contribution >= 0.6 is 0 Å². The van der Waals surface area contributed by atoms with E-state index in [2.05, 4.69) is 155 Å². The first kappa shape index (κ1) is 72.7. The minimum atomic E-state index is -1.08. The third-order valence-electron chi connectivity index (χ3n) is 9.12. The van der Waals surface area contributed by atoms with Gasteiger partial charge in [-0.2, -0.15) is 0 Å². The summed E-state index contributed by atoms with van der Waals surface area (Å²) in [6.07, 6.45) is 0.975. The maximum atomic E-state index is 8.89. The van der Waals surface area contributed by atoms with Gasteiger partial charge < -0.3 is 60.0 Å². The van der Waals surface area contributed by atoms with E-state index in [1.54, 1.807) is 0 Å². The summed E-state index contributed by atoms with van der Waals surface area (Å²) in [4.78, 5) is 60.6. The maximum absolute atomic E-state index is 8.89. The summed E-state index contributed by atoms with van der Waals surface area (Å²) in [5, 5.41) is 68.2. The summed E-state index contributed by atoms with van der Waals surface area (Å²) in [5.74, 6) is -4.33. The minimum absolute atomic E-state index is 0. The molecule has 0 aliphatic carbocycles. The number of para-hydroxylation sites is 4. The molecular formula is C55H66N6O12Zn2. The summed E-state index contributed by atoms with van der Waals surface area (Å²) < 4.78 is 0. The van der Waals surface area contributed by atoms with E-state index in [4.69, 9.17) is 80.0 Å². The summed E-state index contributed by atoms with van der Waals surface area (Å²) in [6.45, 7) is 8.68. The van der Waals surface area contributed by atoms with Crippen LogP contribution in [0.3, 0.4) is 0 Å². The van der Waals surface area contributed by atoms with Crippen molar-refractivity contribution in [2.45, 2.75) is 60.3 Å². The molecule has 0 bridgehead atoms. The topological polar surface area (TPSA) is 299 Å². The van der Waals surface area contributed by atoms with Gasteiger partial charge in [-0.15, -0.1) is 0 Å². The summed E-state index contributed by atoms with van der Waals surface area (Å²) in [6, 6.07) is 50.7. The molecular weight excluding hydrogens is 1070 g/mol. The Morgan fingerprint density at radius 2 is 0.520 bits per heavy atom. The molecule has 4 aromatic carbocycles. The number of rotatable bonds is 12. The maximum Gasteiger partial charge on any atom is 2.00 e. The van der Waals surface area contributed by atoms with Gasteiger partial charge in [0.25, 0.3) is 0 Å². The Hall–Kier alpha value is -6.59. The van der Waals surface area contributed by atoms with Gasteiger partial charge >= 0.3 is 39.0 Å². The zero-order valence-corrected chi connectivity index (χ0v) is 49.9. The first-order valence-corrected chi connectivity index (χ1v) is 22.5. The monoisotopic (exact) mass is 1130 g/mol. The van der Waals surface area contributed by atoms with Crippen LogP contribution in [0.5, 0.6) is 0 Å². The fraction of sp³-hybridized carbons (Fsp3) is 0.273. The number of fused-ring (bicyclic) bond motifs is 4. The van der Waals surface area contributed by atoms with E-state index in [0.717, 1.165) is 168 Å². The molecule has 0 atom stereocenters. The molecule has 20 heteroatoms. The predicted octanol–water partition coefficient (Wildman–Crippen LogP) is 2.43. The number of carboxylic acid groups (broad SMARTS) is 4. The third-order valence-corrected chi connectivity index (χ3v) is 9.12. The van der Waals surface area contributed by atoms with E-state index in [1.165, 1.54) is 0 Å². The molecule has 4 N–H and O–H groups in total. The number of carboxylic acids is 4. The smallest absolute Gasteiger partial charge is 0.550 e. The van der Waals surface area contributed by atoms with Crippen molar-refractivity contribution in [3.63, 3.8) is 0 Å². The van der Waals surface area contributed by atoms with Gasteiger partial charge in [0.05, 0.1) is 44.8 Å². The molecule has 4 aromatic heterocycles. The molecule has 0 fully saturated rings.